The summed E-state index contributed by atoms with van der Waals surface area (Å²) in [6.45, 7) is 0.144. The van der Waals surface area contributed by atoms with Crippen molar-refractivity contribution in [3.8, 4) is 0 Å². The topological polar surface area (TPSA) is 39.2 Å². The molecule has 0 aliphatic carbocycles. The minimum Gasteiger partial charge on any atom is -0.456 e. The predicted octanol–water partition coefficient (Wildman–Crippen LogP) is 3.09. The molecule has 0 amide bonds. The lowest BCUT2D eigenvalue weighted by Crippen LogP contribution is -2.06. The molecular weight excluding hydrogens is 238 g/mol. The molecule has 4 heteroatoms. The van der Waals surface area contributed by atoms with Gasteiger partial charge in [0.1, 0.15) is 6.61 Å². The van der Waals surface area contributed by atoms with Crippen molar-refractivity contribution in [1.29, 1.82) is 0 Å². The smallest absolute Gasteiger partial charge is 0.340 e. The van der Waals surface area contributed by atoms with Crippen molar-refractivity contribution in [2.75, 3.05) is 0 Å². The van der Waals surface area contributed by atoms with Gasteiger partial charge in [-0.25, -0.2) is 4.79 Å². The third-order valence-corrected chi connectivity index (χ3v) is 2.50. The van der Waals surface area contributed by atoms with Crippen LogP contribution in [0.5, 0.6) is 0 Å². The van der Waals surface area contributed by atoms with Crippen LogP contribution < -0.4 is 0 Å². The molecule has 0 aliphatic rings. The maximum atomic E-state index is 11.7. The number of aromatic nitrogens is 1. The molecule has 0 atom stereocenters. The van der Waals surface area contributed by atoms with Crippen molar-refractivity contribution in [2.45, 2.75) is 6.61 Å². The van der Waals surface area contributed by atoms with Crippen molar-refractivity contribution in [3.05, 3.63) is 64.9 Å². The van der Waals surface area contributed by atoms with Crippen LogP contribution in [0.4, 0.5) is 0 Å². The highest BCUT2D eigenvalue weighted by Gasteiger charge is 2.10. The molecule has 0 radical (unpaired) electrons. The second kappa shape index (κ2) is 5.46. The molecule has 3 nitrogen and oxygen atoms in total. The fraction of sp³-hybridized carbons (Fsp3) is 0.0769. The summed E-state index contributed by atoms with van der Waals surface area (Å²) in [6.07, 6.45) is 1.65. The zero-order valence-electron chi connectivity index (χ0n) is 8.97. The first-order valence-electron chi connectivity index (χ1n) is 5.09. The lowest BCUT2D eigenvalue weighted by Gasteiger charge is -2.05. The lowest BCUT2D eigenvalue weighted by molar-refractivity contribution is 0.0468. The van der Waals surface area contributed by atoms with Crippen LogP contribution in [0.25, 0.3) is 0 Å². The number of hydrogen-bond donors (Lipinski definition) is 0. The monoisotopic (exact) mass is 247 g/mol. The van der Waals surface area contributed by atoms with Gasteiger partial charge in [0, 0.05) is 6.20 Å². The Morgan fingerprint density at radius 1 is 1.18 bits per heavy atom. The van der Waals surface area contributed by atoms with Crippen LogP contribution in [0.15, 0.2) is 48.7 Å². The molecule has 1 aromatic carbocycles. The van der Waals surface area contributed by atoms with Gasteiger partial charge in [-0.15, -0.1) is 0 Å². The maximum Gasteiger partial charge on any atom is 0.340 e. The molecule has 17 heavy (non-hydrogen) atoms. The second-order valence-electron chi connectivity index (χ2n) is 3.38. The number of nitrogens with zero attached hydrogens (tertiary/aromatic N) is 1. The summed E-state index contributed by atoms with van der Waals surface area (Å²) in [5.74, 6) is -0.443. The summed E-state index contributed by atoms with van der Waals surface area (Å²) in [5.41, 5.74) is 1.07. The van der Waals surface area contributed by atoms with E-state index >= 15 is 0 Å². The summed E-state index contributed by atoms with van der Waals surface area (Å²) in [7, 11) is 0. The molecule has 86 valence electrons. The zero-order chi connectivity index (χ0) is 12.1. The van der Waals surface area contributed by atoms with Gasteiger partial charge in [-0.3, -0.25) is 4.98 Å². The van der Waals surface area contributed by atoms with E-state index in [2.05, 4.69) is 4.98 Å². The highest BCUT2D eigenvalue weighted by Crippen LogP contribution is 2.16. The first-order valence-corrected chi connectivity index (χ1v) is 5.47. The average Bonchev–Trinajstić information content (AvgIpc) is 2.38. The SMILES string of the molecule is O=C(OCc1ccccn1)c1ccccc1Cl. The molecule has 0 saturated heterocycles. The molecule has 1 aromatic heterocycles. The van der Waals surface area contributed by atoms with Gasteiger partial charge < -0.3 is 4.74 Å². The molecule has 0 unspecified atom stereocenters. The molecule has 1 heterocycles. The van der Waals surface area contributed by atoms with Crippen molar-refractivity contribution in [3.63, 3.8) is 0 Å². The Morgan fingerprint density at radius 2 is 1.94 bits per heavy atom. The fourth-order valence-corrected chi connectivity index (χ4v) is 1.54. The molecule has 2 rings (SSSR count). The lowest BCUT2D eigenvalue weighted by atomic mass is 10.2. The van der Waals surface area contributed by atoms with Crippen LogP contribution in [-0.2, 0) is 11.3 Å². The Kier molecular flexibility index (Phi) is 3.73. The van der Waals surface area contributed by atoms with E-state index in [-0.39, 0.29) is 6.61 Å². The Labute approximate surface area is 104 Å². The van der Waals surface area contributed by atoms with Gasteiger partial charge in [0.2, 0.25) is 0 Å². The van der Waals surface area contributed by atoms with Crippen LogP contribution >= 0.6 is 11.6 Å². The fourth-order valence-electron chi connectivity index (χ4n) is 1.33. The van der Waals surface area contributed by atoms with Gasteiger partial charge in [-0.2, -0.15) is 0 Å². The van der Waals surface area contributed by atoms with Crippen molar-refractivity contribution in [1.82, 2.24) is 4.98 Å². The number of benzene rings is 1. The number of esters is 1. The minimum atomic E-state index is -0.443. The second-order valence-corrected chi connectivity index (χ2v) is 3.78. The van der Waals surface area contributed by atoms with E-state index in [1.807, 2.05) is 6.07 Å². The van der Waals surface area contributed by atoms with Gasteiger partial charge in [-0.1, -0.05) is 29.8 Å². The van der Waals surface area contributed by atoms with E-state index in [0.717, 1.165) is 0 Å². The van der Waals surface area contributed by atoms with E-state index in [4.69, 9.17) is 16.3 Å². The minimum absolute atomic E-state index is 0.144. The Balaban J connectivity index is 2.01. The largest absolute Gasteiger partial charge is 0.456 e. The highest BCUT2D eigenvalue weighted by molar-refractivity contribution is 6.33. The molecule has 0 spiro atoms. The van der Waals surface area contributed by atoms with Gasteiger partial charge in [0.05, 0.1) is 16.3 Å². The van der Waals surface area contributed by atoms with Crippen LogP contribution in [0.1, 0.15) is 16.1 Å². The Bertz CT molecular complexity index is 514. The summed E-state index contributed by atoms with van der Waals surface area (Å²) in [4.78, 5) is 15.8. The van der Waals surface area contributed by atoms with E-state index in [9.17, 15) is 4.79 Å². The summed E-state index contributed by atoms with van der Waals surface area (Å²) >= 11 is 5.88. The van der Waals surface area contributed by atoms with E-state index in [1.165, 1.54) is 0 Å². The molecule has 2 aromatic rings. The number of pyridine rings is 1. The van der Waals surface area contributed by atoms with Crippen LogP contribution in [-0.4, -0.2) is 11.0 Å². The quantitative estimate of drug-likeness (QED) is 0.783. The van der Waals surface area contributed by atoms with E-state index in [1.54, 1.807) is 42.6 Å². The first-order chi connectivity index (χ1) is 8.27. The Hall–Kier alpha value is -1.87. The molecule has 0 fully saturated rings. The predicted molar refractivity (Wildman–Crippen MR) is 64.8 cm³/mol. The number of carbonyl (C=O) groups is 1. The zero-order valence-corrected chi connectivity index (χ0v) is 9.72. The first kappa shape index (κ1) is 11.6. The van der Waals surface area contributed by atoms with Crippen LogP contribution in [0, 0.1) is 0 Å². The molecule has 0 aliphatic heterocycles. The van der Waals surface area contributed by atoms with Crippen LogP contribution in [0.3, 0.4) is 0 Å². The summed E-state index contributed by atoms with van der Waals surface area (Å²) < 4.78 is 5.11. The number of rotatable bonds is 3. The van der Waals surface area contributed by atoms with Crippen molar-refractivity contribution >= 4 is 17.6 Å². The number of halogens is 1. The average molecular weight is 248 g/mol. The van der Waals surface area contributed by atoms with Gasteiger partial charge >= 0.3 is 5.97 Å². The van der Waals surface area contributed by atoms with E-state index in [0.29, 0.717) is 16.3 Å². The number of hydrogen-bond acceptors (Lipinski definition) is 3. The Morgan fingerprint density at radius 3 is 2.65 bits per heavy atom. The summed E-state index contributed by atoms with van der Waals surface area (Å²) in [5, 5.41) is 0.388. The molecule has 0 N–H and O–H groups in total. The highest BCUT2D eigenvalue weighted by atomic mass is 35.5. The number of carbonyl (C=O) groups excluding carboxylic acids is 1. The molecule has 0 bridgehead atoms. The van der Waals surface area contributed by atoms with Gasteiger partial charge in [0.25, 0.3) is 0 Å². The van der Waals surface area contributed by atoms with E-state index < -0.39 is 5.97 Å². The molecule has 0 saturated carbocycles. The normalized spacial score (nSPS) is 9.94. The summed E-state index contributed by atoms with van der Waals surface area (Å²) in [6, 6.07) is 12.2. The van der Waals surface area contributed by atoms with Crippen molar-refractivity contribution in [2.24, 2.45) is 0 Å². The van der Waals surface area contributed by atoms with Gasteiger partial charge in [0.15, 0.2) is 0 Å². The van der Waals surface area contributed by atoms with Crippen molar-refractivity contribution < 1.29 is 9.53 Å². The van der Waals surface area contributed by atoms with Gasteiger partial charge in [-0.05, 0) is 24.3 Å². The molecular formula is C13H10ClNO2. The third-order valence-electron chi connectivity index (χ3n) is 2.17. The number of ether oxygens (including phenoxy) is 1. The third kappa shape index (κ3) is 3.04. The maximum absolute atomic E-state index is 11.7. The van der Waals surface area contributed by atoms with Crippen LogP contribution in [0.2, 0.25) is 5.02 Å². The standard InChI is InChI=1S/C13H10ClNO2/c14-12-7-2-1-6-11(12)13(16)17-9-10-5-3-4-8-15-10/h1-8H,9H2.